The summed E-state index contributed by atoms with van der Waals surface area (Å²) >= 11 is 0. The maximum Gasteiger partial charge on any atom is 0.254 e. The summed E-state index contributed by atoms with van der Waals surface area (Å²) < 4.78 is 5.67. The molecule has 1 aromatic carbocycles. The minimum Gasteiger partial charge on any atom is -0.368 e. The third-order valence-corrected chi connectivity index (χ3v) is 5.24. The van der Waals surface area contributed by atoms with Crippen LogP contribution in [0.4, 0.5) is 0 Å². The van der Waals surface area contributed by atoms with Crippen molar-refractivity contribution in [2.45, 2.75) is 37.2 Å². The standard InChI is InChI=1S/C18H26N2O2.ClH/c1-22-18(9-11-19-12-10-18)17(21)20-13-7-16(8-14-20)15-5-3-2-4-6-15;/h2-6,16,19H,7-14H2,1H3;1H. The van der Waals surface area contributed by atoms with Crippen molar-refractivity contribution >= 4 is 18.3 Å². The lowest BCUT2D eigenvalue weighted by molar-refractivity contribution is -0.159. The second kappa shape index (κ2) is 8.13. The Morgan fingerprint density at radius 1 is 1.17 bits per heavy atom. The zero-order valence-electron chi connectivity index (χ0n) is 13.8. The normalized spacial score (nSPS) is 21.5. The van der Waals surface area contributed by atoms with Gasteiger partial charge in [0.2, 0.25) is 0 Å². The molecule has 0 saturated carbocycles. The molecule has 0 aromatic heterocycles. The van der Waals surface area contributed by atoms with Gasteiger partial charge in [0.15, 0.2) is 0 Å². The van der Waals surface area contributed by atoms with Crippen LogP contribution in [0, 0.1) is 0 Å². The van der Waals surface area contributed by atoms with Crippen LogP contribution < -0.4 is 5.32 Å². The van der Waals surface area contributed by atoms with Crippen molar-refractivity contribution in [3.05, 3.63) is 35.9 Å². The first-order chi connectivity index (χ1) is 10.7. The number of carbonyl (C=O) groups excluding carboxylic acids is 1. The molecule has 0 atom stereocenters. The zero-order chi connectivity index (χ0) is 15.4. The SMILES string of the molecule is COC1(C(=O)N2CCC(c3ccccc3)CC2)CCNCC1.Cl. The summed E-state index contributed by atoms with van der Waals surface area (Å²) in [7, 11) is 1.68. The van der Waals surface area contributed by atoms with Gasteiger partial charge >= 0.3 is 0 Å². The smallest absolute Gasteiger partial charge is 0.254 e. The summed E-state index contributed by atoms with van der Waals surface area (Å²) in [6.07, 6.45) is 3.66. The van der Waals surface area contributed by atoms with Gasteiger partial charge in [-0.15, -0.1) is 12.4 Å². The summed E-state index contributed by atoms with van der Waals surface area (Å²) in [5.41, 5.74) is 0.808. The van der Waals surface area contributed by atoms with E-state index in [9.17, 15) is 4.79 Å². The molecule has 3 rings (SSSR count). The van der Waals surface area contributed by atoms with E-state index in [2.05, 4.69) is 35.6 Å². The van der Waals surface area contributed by atoms with Crippen LogP contribution in [0.25, 0.3) is 0 Å². The number of likely N-dealkylation sites (tertiary alicyclic amines) is 1. The van der Waals surface area contributed by atoms with Crippen molar-refractivity contribution in [1.29, 1.82) is 0 Å². The van der Waals surface area contributed by atoms with E-state index in [4.69, 9.17) is 4.74 Å². The first-order valence-electron chi connectivity index (χ1n) is 8.35. The second-order valence-electron chi connectivity index (χ2n) is 6.43. The molecule has 0 bridgehead atoms. The predicted octanol–water partition coefficient (Wildman–Crippen LogP) is 2.58. The van der Waals surface area contributed by atoms with Gasteiger partial charge in [-0.05, 0) is 50.3 Å². The number of hydrogen-bond donors (Lipinski definition) is 1. The molecule has 0 radical (unpaired) electrons. The Hall–Kier alpha value is -1.10. The summed E-state index contributed by atoms with van der Waals surface area (Å²) in [6, 6.07) is 10.7. The first kappa shape index (κ1) is 18.2. The molecule has 4 nitrogen and oxygen atoms in total. The van der Waals surface area contributed by atoms with Crippen molar-refractivity contribution in [3.63, 3.8) is 0 Å². The molecule has 1 amide bonds. The Morgan fingerprint density at radius 3 is 2.35 bits per heavy atom. The third-order valence-electron chi connectivity index (χ3n) is 5.24. The van der Waals surface area contributed by atoms with Gasteiger partial charge in [-0.25, -0.2) is 0 Å². The minimum absolute atomic E-state index is 0. The van der Waals surface area contributed by atoms with E-state index >= 15 is 0 Å². The summed E-state index contributed by atoms with van der Waals surface area (Å²) in [6.45, 7) is 3.41. The average Bonchev–Trinajstić information content (AvgIpc) is 2.62. The molecular weight excluding hydrogens is 312 g/mol. The molecule has 1 N–H and O–H groups in total. The quantitative estimate of drug-likeness (QED) is 0.921. The number of nitrogens with zero attached hydrogens (tertiary/aromatic N) is 1. The zero-order valence-corrected chi connectivity index (χ0v) is 14.6. The highest BCUT2D eigenvalue weighted by atomic mass is 35.5. The highest BCUT2D eigenvalue weighted by Gasteiger charge is 2.43. The molecule has 23 heavy (non-hydrogen) atoms. The lowest BCUT2D eigenvalue weighted by Gasteiger charge is -2.41. The number of nitrogens with one attached hydrogen (secondary N) is 1. The van der Waals surface area contributed by atoms with E-state index in [1.165, 1.54) is 5.56 Å². The van der Waals surface area contributed by atoms with E-state index in [1.807, 2.05) is 4.90 Å². The van der Waals surface area contributed by atoms with E-state index in [0.717, 1.165) is 51.9 Å². The van der Waals surface area contributed by atoms with E-state index in [-0.39, 0.29) is 18.3 Å². The lowest BCUT2D eigenvalue weighted by atomic mass is 9.86. The van der Waals surface area contributed by atoms with Crippen LogP contribution in [-0.4, -0.2) is 49.7 Å². The Bertz CT molecular complexity index is 495. The summed E-state index contributed by atoms with van der Waals surface area (Å²) in [5.74, 6) is 0.778. The Balaban J connectivity index is 0.00000192. The highest BCUT2D eigenvalue weighted by Crippen LogP contribution is 2.31. The molecule has 0 unspecified atom stereocenters. The van der Waals surface area contributed by atoms with Crippen molar-refractivity contribution < 1.29 is 9.53 Å². The summed E-state index contributed by atoms with van der Waals surface area (Å²) in [4.78, 5) is 14.9. The fourth-order valence-corrected chi connectivity index (χ4v) is 3.77. The molecule has 1 aromatic rings. The maximum absolute atomic E-state index is 12.9. The van der Waals surface area contributed by atoms with Crippen molar-refractivity contribution in [3.8, 4) is 0 Å². The van der Waals surface area contributed by atoms with Gasteiger partial charge in [-0.1, -0.05) is 30.3 Å². The van der Waals surface area contributed by atoms with Gasteiger partial charge in [0, 0.05) is 20.2 Å². The molecule has 2 fully saturated rings. The number of rotatable bonds is 3. The van der Waals surface area contributed by atoms with Gasteiger partial charge in [0.1, 0.15) is 5.60 Å². The fourth-order valence-electron chi connectivity index (χ4n) is 3.77. The predicted molar refractivity (Wildman–Crippen MR) is 94.1 cm³/mol. The fraction of sp³-hybridized carbons (Fsp3) is 0.611. The molecule has 128 valence electrons. The number of benzene rings is 1. The largest absolute Gasteiger partial charge is 0.368 e. The maximum atomic E-state index is 12.9. The Morgan fingerprint density at radius 2 is 1.78 bits per heavy atom. The molecule has 2 aliphatic rings. The van der Waals surface area contributed by atoms with E-state index < -0.39 is 5.60 Å². The number of methoxy groups -OCH3 is 1. The van der Waals surface area contributed by atoms with Crippen molar-refractivity contribution in [2.24, 2.45) is 0 Å². The topological polar surface area (TPSA) is 41.6 Å². The average molecular weight is 339 g/mol. The molecule has 0 spiro atoms. The Kier molecular flexibility index (Phi) is 6.45. The Labute approximate surface area is 145 Å². The molecule has 2 saturated heterocycles. The van der Waals surface area contributed by atoms with Crippen LogP contribution in [-0.2, 0) is 9.53 Å². The number of piperidine rings is 2. The molecule has 5 heteroatoms. The van der Waals surface area contributed by atoms with Crippen LogP contribution in [0.1, 0.15) is 37.2 Å². The van der Waals surface area contributed by atoms with Gasteiger partial charge < -0.3 is 15.0 Å². The monoisotopic (exact) mass is 338 g/mol. The number of halogens is 1. The van der Waals surface area contributed by atoms with Gasteiger partial charge in [-0.3, -0.25) is 4.79 Å². The lowest BCUT2D eigenvalue weighted by Crippen LogP contribution is -2.56. The van der Waals surface area contributed by atoms with E-state index in [1.54, 1.807) is 7.11 Å². The van der Waals surface area contributed by atoms with Crippen LogP contribution in [0.5, 0.6) is 0 Å². The number of amides is 1. The number of hydrogen-bond acceptors (Lipinski definition) is 3. The third kappa shape index (κ3) is 3.87. The molecule has 0 aliphatic carbocycles. The minimum atomic E-state index is -0.592. The molecular formula is C18H27ClN2O2. The van der Waals surface area contributed by atoms with E-state index in [0.29, 0.717) is 5.92 Å². The van der Waals surface area contributed by atoms with Gasteiger partial charge in [0.05, 0.1) is 0 Å². The number of ether oxygens (including phenoxy) is 1. The first-order valence-corrected chi connectivity index (χ1v) is 8.35. The van der Waals surface area contributed by atoms with Gasteiger partial charge in [0.25, 0.3) is 5.91 Å². The summed E-state index contributed by atoms with van der Waals surface area (Å²) in [5, 5.41) is 3.31. The molecule has 2 heterocycles. The van der Waals surface area contributed by atoms with Crippen molar-refractivity contribution in [1.82, 2.24) is 10.2 Å². The van der Waals surface area contributed by atoms with Gasteiger partial charge in [-0.2, -0.15) is 0 Å². The second-order valence-corrected chi connectivity index (χ2v) is 6.43. The molecule has 2 aliphatic heterocycles. The van der Waals surface area contributed by atoms with Crippen LogP contribution in [0.3, 0.4) is 0 Å². The number of carbonyl (C=O) groups is 1. The highest BCUT2D eigenvalue weighted by molar-refractivity contribution is 5.86. The van der Waals surface area contributed by atoms with Crippen LogP contribution >= 0.6 is 12.4 Å². The van der Waals surface area contributed by atoms with Crippen LogP contribution in [0.2, 0.25) is 0 Å². The van der Waals surface area contributed by atoms with Crippen molar-refractivity contribution in [2.75, 3.05) is 33.3 Å². The van der Waals surface area contributed by atoms with Crippen LogP contribution in [0.15, 0.2) is 30.3 Å².